The molecule has 0 aliphatic rings. The molecular formula is C24H28N4O4S. The lowest BCUT2D eigenvalue weighted by Gasteiger charge is -2.21. The SMILES string of the molecule is COc1cccc(N(CC(=O)N/N=C\c2cc(C)n(-c3ccc(C)cc3)c2C)S(C)(=O)=O)c1. The number of methoxy groups -OCH3 is 1. The summed E-state index contributed by atoms with van der Waals surface area (Å²) in [6.45, 7) is 5.61. The average molecular weight is 469 g/mol. The zero-order valence-corrected chi connectivity index (χ0v) is 20.2. The van der Waals surface area contributed by atoms with Crippen molar-refractivity contribution in [1.82, 2.24) is 9.99 Å². The first-order chi connectivity index (χ1) is 15.6. The van der Waals surface area contributed by atoms with Gasteiger partial charge in [0.15, 0.2) is 0 Å². The zero-order chi connectivity index (χ0) is 24.2. The minimum absolute atomic E-state index is 0.331. The van der Waals surface area contributed by atoms with Gasteiger partial charge < -0.3 is 9.30 Å². The second-order valence-corrected chi connectivity index (χ2v) is 9.67. The number of ether oxygens (including phenoxy) is 1. The first-order valence-electron chi connectivity index (χ1n) is 10.3. The van der Waals surface area contributed by atoms with Crippen LogP contribution in [0.2, 0.25) is 0 Å². The third kappa shape index (κ3) is 5.81. The molecule has 8 nitrogen and oxygen atoms in total. The molecule has 0 saturated heterocycles. The van der Waals surface area contributed by atoms with Gasteiger partial charge in [0.1, 0.15) is 12.3 Å². The highest BCUT2D eigenvalue weighted by Gasteiger charge is 2.21. The average Bonchev–Trinajstić information content (AvgIpc) is 3.05. The zero-order valence-electron chi connectivity index (χ0n) is 19.4. The van der Waals surface area contributed by atoms with Gasteiger partial charge in [0.2, 0.25) is 10.0 Å². The molecule has 2 aromatic carbocycles. The van der Waals surface area contributed by atoms with E-state index in [4.69, 9.17) is 4.74 Å². The fourth-order valence-corrected chi connectivity index (χ4v) is 4.36. The monoisotopic (exact) mass is 468 g/mol. The molecule has 0 atom stereocenters. The normalized spacial score (nSPS) is 11.5. The van der Waals surface area contributed by atoms with Gasteiger partial charge in [-0.25, -0.2) is 13.8 Å². The van der Waals surface area contributed by atoms with E-state index in [1.165, 1.54) is 12.7 Å². The molecule has 174 valence electrons. The van der Waals surface area contributed by atoms with Crippen LogP contribution in [-0.2, 0) is 14.8 Å². The maximum absolute atomic E-state index is 12.5. The fraction of sp³-hybridized carbons (Fsp3) is 0.250. The summed E-state index contributed by atoms with van der Waals surface area (Å²) in [4.78, 5) is 12.5. The summed E-state index contributed by atoms with van der Waals surface area (Å²) in [5.74, 6) is -0.0738. The van der Waals surface area contributed by atoms with Crippen LogP contribution < -0.4 is 14.5 Å². The van der Waals surface area contributed by atoms with Crippen molar-refractivity contribution in [2.24, 2.45) is 5.10 Å². The van der Waals surface area contributed by atoms with Crippen LogP contribution in [0.3, 0.4) is 0 Å². The van der Waals surface area contributed by atoms with Crippen molar-refractivity contribution < 1.29 is 17.9 Å². The van der Waals surface area contributed by atoms with Gasteiger partial charge in [-0.2, -0.15) is 5.10 Å². The molecule has 1 aromatic heterocycles. The van der Waals surface area contributed by atoms with E-state index < -0.39 is 22.5 Å². The van der Waals surface area contributed by atoms with Crippen molar-refractivity contribution in [2.45, 2.75) is 20.8 Å². The number of hydrazone groups is 1. The highest BCUT2D eigenvalue weighted by Crippen LogP contribution is 2.23. The van der Waals surface area contributed by atoms with Crippen LogP contribution >= 0.6 is 0 Å². The lowest BCUT2D eigenvalue weighted by atomic mass is 10.2. The summed E-state index contributed by atoms with van der Waals surface area (Å²) < 4.78 is 32.8. The Labute approximate surface area is 194 Å². The number of carbonyl (C=O) groups excluding carboxylic acids is 1. The summed E-state index contributed by atoms with van der Waals surface area (Å²) in [6.07, 6.45) is 2.60. The van der Waals surface area contributed by atoms with Gasteiger partial charge in [-0.05, 0) is 51.1 Å². The Bertz CT molecular complexity index is 1280. The van der Waals surface area contributed by atoms with Gasteiger partial charge in [-0.1, -0.05) is 23.8 Å². The number of nitrogens with zero attached hydrogens (tertiary/aromatic N) is 3. The summed E-state index contributed by atoms with van der Waals surface area (Å²) in [7, 11) is -2.21. The Morgan fingerprint density at radius 2 is 1.82 bits per heavy atom. The van der Waals surface area contributed by atoms with Crippen molar-refractivity contribution >= 4 is 27.8 Å². The molecule has 1 heterocycles. The lowest BCUT2D eigenvalue weighted by molar-refractivity contribution is -0.119. The van der Waals surface area contributed by atoms with Gasteiger partial charge in [0.05, 0.1) is 25.3 Å². The van der Waals surface area contributed by atoms with Crippen molar-refractivity contribution in [3.05, 3.63) is 77.1 Å². The first kappa shape index (κ1) is 24.1. The first-order valence-corrected chi connectivity index (χ1v) is 12.1. The molecule has 0 spiro atoms. The van der Waals surface area contributed by atoms with Crippen LogP contribution in [0.25, 0.3) is 5.69 Å². The largest absolute Gasteiger partial charge is 0.497 e. The molecule has 0 fully saturated rings. The van der Waals surface area contributed by atoms with Crippen molar-refractivity contribution in [3.8, 4) is 11.4 Å². The Balaban J connectivity index is 1.74. The smallest absolute Gasteiger partial charge is 0.260 e. The number of sulfonamides is 1. The summed E-state index contributed by atoms with van der Waals surface area (Å²) in [5, 5.41) is 4.04. The molecule has 1 amide bonds. The van der Waals surface area contributed by atoms with Gasteiger partial charge >= 0.3 is 0 Å². The van der Waals surface area contributed by atoms with Crippen LogP contribution in [0.15, 0.2) is 59.7 Å². The van der Waals surface area contributed by atoms with E-state index in [1.807, 2.05) is 26.8 Å². The summed E-state index contributed by atoms with van der Waals surface area (Å²) in [6, 6.07) is 16.7. The number of anilines is 1. The maximum atomic E-state index is 12.5. The van der Waals surface area contributed by atoms with E-state index in [9.17, 15) is 13.2 Å². The highest BCUT2D eigenvalue weighted by atomic mass is 32.2. The number of aromatic nitrogens is 1. The number of nitrogens with one attached hydrogen (secondary N) is 1. The van der Waals surface area contributed by atoms with Crippen LogP contribution in [0.1, 0.15) is 22.5 Å². The predicted octanol–water partition coefficient (Wildman–Crippen LogP) is 3.33. The van der Waals surface area contributed by atoms with Crippen LogP contribution in [0, 0.1) is 20.8 Å². The molecule has 0 aliphatic carbocycles. The quantitative estimate of drug-likeness (QED) is 0.405. The summed E-state index contributed by atoms with van der Waals surface area (Å²) >= 11 is 0. The molecule has 3 rings (SSSR count). The number of benzene rings is 2. The van der Waals surface area contributed by atoms with E-state index in [2.05, 4.69) is 39.4 Å². The Morgan fingerprint density at radius 1 is 1.12 bits per heavy atom. The number of hydrogen-bond acceptors (Lipinski definition) is 5. The van der Waals surface area contributed by atoms with Crippen molar-refractivity contribution in [1.29, 1.82) is 0 Å². The molecule has 0 aliphatic heterocycles. The number of carbonyl (C=O) groups is 1. The van der Waals surface area contributed by atoms with Crippen LogP contribution in [-0.4, -0.2) is 45.0 Å². The second-order valence-electron chi connectivity index (χ2n) is 7.76. The molecular weight excluding hydrogens is 440 g/mol. The second kappa shape index (κ2) is 9.91. The van der Waals surface area contributed by atoms with Crippen molar-refractivity contribution in [3.63, 3.8) is 0 Å². The maximum Gasteiger partial charge on any atom is 0.260 e. The van der Waals surface area contributed by atoms with Crippen LogP contribution in [0.4, 0.5) is 5.69 Å². The number of aryl methyl sites for hydroxylation is 2. The minimum atomic E-state index is -3.70. The summed E-state index contributed by atoms with van der Waals surface area (Å²) in [5.41, 5.74) is 7.83. The number of hydrogen-bond donors (Lipinski definition) is 1. The predicted molar refractivity (Wildman–Crippen MR) is 131 cm³/mol. The topological polar surface area (TPSA) is 93.0 Å². The minimum Gasteiger partial charge on any atom is -0.497 e. The lowest BCUT2D eigenvalue weighted by Crippen LogP contribution is -2.39. The molecule has 33 heavy (non-hydrogen) atoms. The van der Waals surface area contributed by atoms with E-state index >= 15 is 0 Å². The van der Waals surface area contributed by atoms with Gasteiger partial charge in [-0.15, -0.1) is 0 Å². The Kier molecular flexibility index (Phi) is 7.23. The van der Waals surface area contributed by atoms with E-state index in [0.29, 0.717) is 11.4 Å². The number of rotatable bonds is 8. The molecule has 0 saturated carbocycles. The molecule has 3 aromatic rings. The van der Waals surface area contributed by atoms with E-state index in [0.717, 1.165) is 33.2 Å². The van der Waals surface area contributed by atoms with Crippen LogP contribution in [0.5, 0.6) is 5.75 Å². The van der Waals surface area contributed by atoms with Gasteiger partial charge in [0, 0.05) is 28.7 Å². The Morgan fingerprint density at radius 3 is 2.45 bits per heavy atom. The number of amides is 1. The molecule has 0 radical (unpaired) electrons. The molecule has 0 unspecified atom stereocenters. The molecule has 1 N–H and O–H groups in total. The third-order valence-electron chi connectivity index (χ3n) is 5.18. The van der Waals surface area contributed by atoms with Crippen molar-refractivity contribution in [2.75, 3.05) is 24.2 Å². The highest BCUT2D eigenvalue weighted by molar-refractivity contribution is 7.92. The fourth-order valence-electron chi connectivity index (χ4n) is 3.51. The third-order valence-corrected chi connectivity index (χ3v) is 6.32. The molecule has 9 heteroatoms. The molecule has 0 bridgehead atoms. The standard InChI is InChI=1S/C24H28N4O4S/c1-17-9-11-21(12-10-17)28-18(2)13-20(19(28)3)15-25-26-24(29)16-27(33(5,30)31)22-7-6-8-23(14-22)32-4/h6-15H,16H2,1-5H3,(H,26,29)/b25-15-. The van der Waals surface area contributed by atoms with Gasteiger partial charge in [-0.3, -0.25) is 9.10 Å². The van der Waals surface area contributed by atoms with Gasteiger partial charge in [0.25, 0.3) is 5.91 Å². The Hall–Kier alpha value is -3.59. The van der Waals surface area contributed by atoms with E-state index in [-0.39, 0.29) is 0 Å². The van der Waals surface area contributed by atoms with E-state index in [1.54, 1.807) is 30.5 Å².